The maximum Gasteiger partial charge on any atom is 0.0731 e. The summed E-state index contributed by atoms with van der Waals surface area (Å²) in [5.41, 5.74) is 1.91. The van der Waals surface area contributed by atoms with E-state index in [9.17, 15) is 0 Å². The number of hydrogen-bond acceptors (Lipinski definition) is 3. The first-order chi connectivity index (χ1) is 9.50. The minimum Gasteiger partial charge on any atom is -0.374 e. The average Bonchev–Trinajstić information content (AvgIpc) is 2.76. The molecule has 0 atom stereocenters. The number of rotatable bonds is 6. The van der Waals surface area contributed by atoms with E-state index in [1.165, 1.54) is 41.0 Å². The maximum absolute atomic E-state index is 6.15. The van der Waals surface area contributed by atoms with E-state index in [4.69, 9.17) is 4.74 Å². The van der Waals surface area contributed by atoms with E-state index in [2.05, 4.69) is 39.1 Å². The van der Waals surface area contributed by atoms with E-state index in [1.807, 2.05) is 11.3 Å². The van der Waals surface area contributed by atoms with Crippen LogP contribution in [-0.2, 0) is 17.9 Å². The van der Waals surface area contributed by atoms with Crippen LogP contribution in [0.4, 0.5) is 0 Å². The minimum atomic E-state index is 0.472. The van der Waals surface area contributed by atoms with E-state index < -0.39 is 0 Å². The van der Waals surface area contributed by atoms with Crippen molar-refractivity contribution >= 4 is 11.3 Å². The van der Waals surface area contributed by atoms with Crippen molar-refractivity contribution in [3.05, 3.63) is 21.4 Å². The second-order valence-corrected chi connectivity index (χ2v) is 8.09. The lowest BCUT2D eigenvalue weighted by Crippen LogP contribution is -2.26. The van der Waals surface area contributed by atoms with Gasteiger partial charge in [0.15, 0.2) is 0 Å². The zero-order valence-corrected chi connectivity index (χ0v) is 14.2. The molecule has 0 radical (unpaired) electrons. The Hall–Kier alpha value is -0.380. The summed E-state index contributed by atoms with van der Waals surface area (Å²) < 4.78 is 6.15. The van der Waals surface area contributed by atoms with Crippen molar-refractivity contribution < 1.29 is 4.74 Å². The summed E-state index contributed by atoms with van der Waals surface area (Å²) in [5, 5.41) is 3.39. The molecule has 1 aromatic heterocycles. The van der Waals surface area contributed by atoms with Crippen molar-refractivity contribution in [3.8, 4) is 0 Å². The fourth-order valence-corrected chi connectivity index (χ4v) is 3.83. The van der Waals surface area contributed by atoms with Gasteiger partial charge in [0.2, 0.25) is 0 Å². The van der Waals surface area contributed by atoms with Gasteiger partial charge in [-0.2, -0.15) is 0 Å². The smallest absolute Gasteiger partial charge is 0.0731 e. The third-order valence-corrected chi connectivity index (χ3v) is 5.47. The van der Waals surface area contributed by atoms with Crippen molar-refractivity contribution in [3.63, 3.8) is 0 Å². The number of ether oxygens (including phenoxy) is 1. The Morgan fingerprint density at radius 3 is 2.70 bits per heavy atom. The first-order valence-electron chi connectivity index (χ1n) is 7.90. The zero-order chi connectivity index (χ0) is 14.6. The lowest BCUT2D eigenvalue weighted by molar-refractivity contribution is -0.00563. The summed E-state index contributed by atoms with van der Waals surface area (Å²) in [7, 11) is 0. The highest BCUT2D eigenvalue weighted by Gasteiger charge is 2.27. The van der Waals surface area contributed by atoms with Gasteiger partial charge >= 0.3 is 0 Å². The quantitative estimate of drug-likeness (QED) is 0.824. The van der Waals surface area contributed by atoms with Crippen LogP contribution in [0.25, 0.3) is 0 Å². The molecular weight excluding hydrogens is 266 g/mol. The Labute approximate surface area is 127 Å². The molecular formula is C17H29NOS. The van der Waals surface area contributed by atoms with Gasteiger partial charge in [0.1, 0.15) is 0 Å². The van der Waals surface area contributed by atoms with Crippen LogP contribution in [0, 0.1) is 12.3 Å². The number of aryl methyl sites for hydroxylation is 1. The molecule has 0 amide bonds. The molecule has 0 bridgehead atoms. The van der Waals surface area contributed by atoms with Gasteiger partial charge in [-0.3, -0.25) is 0 Å². The predicted octanol–water partition coefficient (Wildman–Crippen LogP) is 4.65. The number of thiophene rings is 1. The molecule has 0 saturated heterocycles. The molecule has 0 unspecified atom stereocenters. The molecule has 1 aliphatic carbocycles. The Balaban J connectivity index is 1.80. The highest BCUT2D eigenvalue weighted by Crippen LogP contribution is 2.36. The summed E-state index contributed by atoms with van der Waals surface area (Å²) in [6.45, 7) is 11.9. The summed E-state index contributed by atoms with van der Waals surface area (Å²) in [5.74, 6) is 0. The van der Waals surface area contributed by atoms with Crippen LogP contribution in [0.5, 0.6) is 0 Å². The fraction of sp³-hybridized carbons (Fsp3) is 0.765. The predicted molar refractivity (Wildman–Crippen MR) is 87.3 cm³/mol. The molecule has 2 rings (SSSR count). The lowest BCUT2D eigenvalue weighted by Gasteiger charge is -2.34. The molecule has 0 aliphatic heterocycles. The lowest BCUT2D eigenvalue weighted by atomic mass is 9.76. The number of nitrogens with one attached hydrogen (secondary N) is 1. The average molecular weight is 295 g/mol. The van der Waals surface area contributed by atoms with Gasteiger partial charge < -0.3 is 10.1 Å². The van der Waals surface area contributed by atoms with Gasteiger partial charge in [-0.15, -0.1) is 11.3 Å². The third kappa shape index (κ3) is 4.57. The van der Waals surface area contributed by atoms with Crippen molar-refractivity contribution in [2.24, 2.45) is 5.41 Å². The first-order valence-corrected chi connectivity index (χ1v) is 8.72. The van der Waals surface area contributed by atoms with Crippen LogP contribution < -0.4 is 5.32 Å². The molecule has 2 nitrogen and oxygen atoms in total. The standard InChI is InChI=1S/C17H29NOS/c1-5-18-11-16-10-14(13(2)20-16)12-19-15-6-8-17(3,4)9-7-15/h10,15,18H,5-9,11-12H2,1-4H3. The Bertz CT molecular complexity index is 415. The van der Waals surface area contributed by atoms with Gasteiger partial charge in [-0.25, -0.2) is 0 Å². The Morgan fingerprint density at radius 2 is 2.05 bits per heavy atom. The molecule has 1 N–H and O–H groups in total. The zero-order valence-electron chi connectivity index (χ0n) is 13.4. The van der Waals surface area contributed by atoms with E-state index in [0.717, 1.165) is 19.7 Å². The normalized spacial score (nSPS) is 19.4. The summed E-state index contributed by atoms with van der Waals surface area (Å²) in [6.07, 6.45) is 5.51. The van der Waals surface area contributed by atoms with Gasteiger partial charge in [0, 0.05) is 16.3 Å². The molecule has 1 saturated carbocycles. The van der Waals surface area contributed by atoms with Gasteiger partial charge in [-0.1, -0.05) is 20.8 Å². The summed E-state index contributed by atoms with van der Waals surface area (Å²) >= 11 is 1.90. The molecule has 0 spiro atoms. The number of hydrogen-bond donors (Lipinski definition) is 1. The van der Waals surface area contributed by atoms with Crippen molar-refractivity contribution in [1.82, 2.24) is 5.32 Å². The van der Waals surface area contributed by atoms with Crippen LogP contribution in [0.1, 0.15) is 61.8 Å². The first kappa shape index (κ1) is 16.0. The van der Waals surface area contributed by atoms with E-state index in [1.54, 1.807) is 0 Å². The van der Waals surface area contributed by atoms with Crippen LogP contribution >= 0.6 is 11.3 Å². The SMILES string of the molecule is CCNCc1cc(COC2CCC(C)(C)CC2)c(C)s1. The van der Waals surface area contributed by atoms with Gasteiger partial charge in [-0.05, 0) is 56.2 Å². The highest BCUT2D eigenvalue weighted by atomic mass is 32.1. The molecule has 1 heterocycles. The minimum absolute atomic E-state index is 0.472. The Kier molecular flexibility index (Phi) is 5.65. The van der Waals surface area contributed by atoms with Crippen molar-refractivity contribution in [1.29, 1.82) is 0 Å². The van der Waals surface area contributed by atoms with Gasteiger partial charge in [0.25, 0.3) is 0 Å². The monoisotopic (exact) mass is 295 g/mol. The largest absolute Gasteiger partial charge is 0.374 e. The van der Waals surface area contributed by atoms with Crippen LogP contribution in [0.3, 0.4) is 0 Å². The molecule has 1 aliphatic rings. The van der Waals surface area contributed by atoms with Crippen LogP contribution in [0.15, 0.2) is 6.07 Å². The van der Waals surface area contributed by atoms with Crippen molar-refractivity contribution in [2.75, 3.05) is 6.54 Å². The molecule has 1 aromatic rings. The fourth-order valence-electron chi connectivity index (χ4n) is 2.81. The van der Waals surface area contributed by atoms with E-state index in [-0.39, 0.29) is 0 Å². The van der Waals surface area contributed by atoms with Crippen molar-refractivity contribution in [2.45, 2.75) is 72.6 Å². The van der Waals surface area contributed by atoms with Crippen LogP contribution in [0.2, 0.25) is 0 Å². The van der Waals surface area contributed by atoms with E-state index >= 15 is 0 Å². The second kappa shape index (κ2) is 7.06. The molecule has 20 heavy (non-hydrogen) atoms. The second-order valence-electron chi connectivity index (χ2n) is 6.75. The maximum atomic E-state index is 6.15. The molecule has 0 aromatic carbocycles. The molecule has 114 valence electrons. The molecule has 3 heteroatoms. The Morgan fingerprint density at radius 1 is 1.35 bits per heavy atom. The van der Waals surface area contributed by atoms with Crippen LogP contribution in [-0.4, -0.2) is 12.6 Å². The summed E-state index contributed by atoms with van der Waals surface area (Å²) in [6, 6.07) is 2.31. The molecule has 1 fully saturated rings. The third-order valence-electron chi connectivity index (χ3n) is 4.38. The van der Waals surface area contributed by atoms with E-state index in [0.29, 0.717) is 11.5 Å². The topological polar surface area (TPSA) is 21.3 Å². The summed E-state index contributed by atoms with van der Waals surface area (Å²) in [4.78, 5) is 2.83. The highest BCUT2D eigenvalue weighted by molar-refractivity contribution is 7.12. The van der Waals surface area contributed by atoms with Gasteiger partial charge in [0.05, 0.1) is 12.7 Å².